The lowest BCUT2D eigenvalue weighted by molar-refractivity contribution is -0.0328. The zero-order valence-corrected chi connectivity index (χ0v) is 10.0. The van der Waals surface area contributed by atoms with Gasteiger partial charge in [0.15, 0.2) is 0 Å². The second-order valence-corrected chi connectivity index (χ2v) is 4.29. The van der Waals surface area contributed by atoms with E-state index in [0.29, 0.717) is 6.42 Å². The van der Waals surface area contributed by atoms with Gasteiger partial charge in [-0.3, -0.25) is 0 Å². The fraction of sp³-hybridized carbons (Fsp3) is 0.400. The van der Waals surface area contributed by atoms with E-state index in [9.17, 15) is 13.2 Å². The number of halogens is 4. The standard InChI is InChI=1S/C10H12F3NS.ClH/c11-10(12,13)15-7-9(14)6-8-4-2-1-3-5-8;/h1-5,9H,6-7,14H2;1H. The molecule has 1 aromatic rings. The molecule has 92 valence electrons. The van der Waals surface area contributed by atoms with Crippen molar-refractivity contribution >= 4 is 24.2 Å². The fourth-order valence-corrected chi connectivity index (χ4v) is 1.70. The van der Waals surface area contributed by atoms with E-state index < -0.39 is 11.6 Å². The van der Waals surface area contributed by atoms with Crippen molar-refractivity contribution in [2.24, 2.45) is 5.73 Å². The van der Waals surface area contributed by atoms with Gasteiger partial charge in [-0.25, -0.2) is 0 Å². The third-order valence-electron chi connectivity index (χ3n) is 1.80. The molecule has 0 fully saturated rings. The van der Waals surface area contributed by atoms with Crippen LogP contribution in [0.25, 0.3) is 0 Å². The van der Waals surface area contributed by atoms with Crippen LogP contribution in [0.5, 0.6) is 0 Å². The van der Waals surface area contributed by atoms with Crippen LogP contribution in [0.4, 0.5) is 13.2 Å². The Morgan fingerprint density at radius 1 is 1.19 bits per heavy atom. The molecule has 2 N–H and O–H groups in total. The molecule has 0 aromatic heterocycles. The second kappa shape index (κ2) is 7.04. The van der Waals surface area contributed by atoms with Crippen LogP contribution in [0.1, 0.15) is 5.56 Å². The summed E-state index contributed by atoms with van der Waals surface area (Å²) in [5.41, 5.74) is 2.37. The summed E-state index contributed by atoms with van der Waals surface area (Å²) in [5, 5.41) is 0. The predicted molar refractivity (Wildman–Crippen MR) is 63.9 cm³/mol. The highest BCUT2D eigenvalue weighted by atomic mass is 35.5. The number of nitrogens with two attached hydrogens (primary N) is 1. The molecule has 0 saturated heterocycles. The lowest BCUT2D eigenvalue weighted by atomic mass is 10.1. The highest BCUT2D eigenvalue weighted by Gasteiger charge is 2.28. The van der Waals surface area contributed by atoms with Gasteiger partial charge in [-0.15, -0.1) is 12.4 Å². The Morgan fingerprint density at radius 2 is 1.75 bits per heavy atom. The van der Waals surface area contributed by atoms with Crippen molar-refractivity contribution in [3.8, 4) is 0 Å². The first-order valence-electron chi connectivity index (χ1n) is 4.47. The molecule has 1 nitrogen and oxygen atoms in total. The van der Waals surface area contributed by atoms with E-state index in [1.807, 2.05) is 30.3 Å². The summed E-state index contributed by atoms with van der Waals surface area (Å²) in [7, 11) is 0. The smallest absolute Gasteiger partial charge is 0.327 e. The molecule has 0 amide bonds. The van der Waals surface area contributed by atoms with Crippen LogP contribution in [0.2, 0.25) is 0 Å². The predicted octanol–water partition coefficient (Wildman–Crippen LogP) is 3.23. The Bertz CT molecular complexity index is 292. The zero-order valence-electron chi connectivity index (χ0n) is 8.41. The summed E-state index contributed by atoms with van der Waals surface area (Å²) in [5.74, 6) is -0.0988. The van der Waals surface area contributed by atoms with Crippen LogP contribution in [0.15, 0.2) is 30.3 Å². The maximum Gasteiger partial charge on any atom is 0.441 e. The summed E-state index contributed by atoms with van der Waals surface area (Å²) in [6, 6.07) is 8.81. The average Bonchev–Trinajstić information content (AvgIpc) is 2.15. The van der Waals surface area contributed by atoms with Crippen molar-refractivity contribution in [3.05, 3.63) is 35.9 Å². The Morgan fingerprint density at radius 3 is 2.25 bits per heavy atom. The topological polar surface area (TPSA) is 26.0 Å². The van der Waals surface area contributed by atoms with Crippen molar-refractivity contribution in [1.82, 2.24) is 0 Å². The minimum atomic E-state index is -4.19. The Hall–Kier alpha value is -0.390. The lowest BCUT2D eigenvalue weighted by Crippen LogP contribution is -2.27. The van der Waals surface area contributed by atoms with Gasteiger partial charge in [0.2, 0.25) is 0 Å². The van der Waals surface area contributed by atoms with Gasteiger partial charge in [0.05, 0.1) is 0 Å². The summed E-state index contributed by atoms with van der Waals surface area (Å²) in [4.78, 5) is 0. The first kappa shape index (κ1) is 15.6. The van der Waals surface area contributed by atoms with E-state index in [4.69, 9.17) is 5.73 Å². The van der Waals surface area contributed by atoms with Gasteiger partial charge < -0.3 is 5.73 Å². The number of benzene rings is 1. The van der Waals surface area contributed by atoms with Crippen molar-refractivity contribution < 1.29 is 13.2 Å². The second-order valence-electron chi connectivity index (χ2n) is 3.21. The Balaban J connectivity index is 0.00000225. The molecule has 1 aromatic carbocycles. The van der Waals surface area contributed by atoms with Gasteiger partial charge in [0.1, 0.15) is 0 Å². The molecular formula is C10H13ClF3NS. The van der Waals surface area contributed by atoms with E-state index in [0.717, 1.165) is 5.56 Å². The van der Waals surface area contributed by atoms with E-state index in [1.165, 1.54) is 0 Å². The molecule has 0 heterocycles. The van der Waals surface area contributed by atoms with Gasteiger partial charge in [0, 0.05) is 11.8 Å². The van der Waals surface area contributed by atoms with Crippen molar-refractivity contribution in [2.45, 2.75) is 18.0 Å². The molecule has 0 radical (unpaired) electrons. The maximum absolute atomic E-state index is 11.9. The summed E-state index contributed by atoms with van der Waals surface area (Å²) in [6.45, 7) is 0. The van der Waals surface area contributed by atoms with Crippen LogP contribution in [-0.4, -0.2) is 17.3 Å². The zero-order chi connectivity index (χ0) is 11.3. The van der Waals surface area contributed by atoms with E-state index >= 15 is 0 Å². The molecular weight excluding hydrogens is 259 g/mol. The molecule has 1 rings (SSSR count). The number of hydrogen-bond acceptors (Lipinski definition) is 2. The normalized spacial score (nSPS) is 13.0. The van der Waals surface area contributed by atoms with Crippen LogP contribution >= 0.6 is 24.2 Å². The molecule has 0 aliphatic heterocycles. The third-order valence-corrected chi connectivity index (χ3v) is 2.72. The minimum Gasteiger partial charge on any atom is -0.327 e. The van der Waals surface area contributed by atoms with Crippen molar-refractivity contribution in [3.63, 3.8) is 0 Å². The Kier molecular flexibility index (Phi) is 6.87. The molecule has 0 bridgehead atoms. The SMILES string of the molecule is Cl.NC(CSC(F)(F)F)Cc1ccccc1. The lowest BCUT2D eigenvalue weighted by Gasteiger charge is -2.12. The molecule has 6 heteroatoms. The van der Waals surface area contributed by atoms with Gasteiger partial charge in [-0.2, -0.15) is 13.2 Å². The largest absolute Gasteiger partial charge is 0.441 e. The van der Waals surface area contributed by atoms with Crippen molar-refractivity contribution in [2.75, 3.05) is 5.75 Å². The molecule has 0 aliphatic rings. The van der Waals surface area contributed by atoms with E-state index in [-0.39, 0.29) is 29.9 Å². The molecule has 16 heavy (non-hydrogen) atoms. The quantitative estimate of drug-likeness (QED) is 0.910. The number of hydrogen-bond donors (Lipinski definition) is 1. The van der Waals surface area contributed by atoms with Gasteiger partial charge in [-0.05, 0) is 23.7 Å². The molecule has 0 aliphatic carbocycles. The molecule has 1 atom stereocenters. The highest BCUT2D eigenvalue weighted by Crippen LogP contribution is 2.30. The maximum atomic E-state index is 11.9. The monoisotopic (exact) mass is 271 g/mol. The first-order valence-corrected chi connectivity index (χ1v) is 5.46. The van der Waals surface area contributed by atoms with Gasteiger partial charge >= 0.3 is 5.51 Å². The fourth-order valence-electron chi connectivity index (χ4n) is 1.18. The summed E-state index contributed by atoms with van der Waals surface area (Å²) in [6.07, 6.45) is 0.476. The van der Waals surface area contributed by atoms with Crippen LogP contribution in [0, 0.1) is 0 Å². The van der Waals surface area contributed by atoms with Crippen LogP contribution < -0.4 is 5.73 Å². The third kappa shape index (κ3) is 6.98. The van der Waals surface area contributed by atoms with Gasteiger partial charge in [-0.1, -0.05) is 30.3 Å². The van der Waals surface area contributed by atoms with Crippen LogP contribution in [-0.2, 0) is 6.42 Å². The molecule has 1 unspecified atom stereocenters. The van der Waals surface area contributed by atoms with Crippen LogP contribution in [0.3, 0.4) is 0 Å². The highest BCUT2D eigenvalue weighted by molar-refractivity contribution is 8.00. The number of rotatable bonds is 4. The van der Waals surface area contributed by atoms with E-state index in [2.05, 4.69) is 0 Å². The molecule has 0 spiro atoms. The van der Waals surface area contributed by atoms with Gasteiger partial charge in [0.25, 0.3) is 0 Å². The Labute approximate surface area is 103 Å². The number of thioether (sulfide) groups is 1. The average molecular weight is 272 g/mol. The first-order chi connectivity index (χ1) is 6.97. The summed E-state index contributed by atoms with van der Waals surface area (Å²) < 4.78 is 35.6. The minimum absolute atomic E-state index is 0. The van der Waals surface area contributed by atoms with E-state index in [1.54, 1.807) is 0 Å². The van der Waals surface area contributed by atoms with Crippen molar-refractivity contribution in [1.29, 1.82) is 0 Å². The molecule has 0 saturated carbocycles. The summed E-state index contributed by atoms with van der Waals surface area (Å²) >= 11 is -0.0641. The number of alkyl halides is 3.